The second-order valence-electron chi connectivity index (χ2n) is 20.2. The minimum atomic E-state index is -4.22. The third-order valence-corrected chi connectivity index (χ3v) is 13.8. The normalized spacial score (nSPS) is 11.9. The van der Waals surface area contributed by atoms with E-state index in [1.165, 1.54) is 111 Å². The fourth-order valence-corrected chi connectivity index (χ4v) is 9.58. The zero-order valence-corrected chi connectivity index (χ0v) is 44.8. The van der Waals surface area contributed by atoms with Crippen molar-refractivity contribution in [2.24, 2.45) is 0 Å². The van der Waals surface area contributed by atoms with Crippen LogP contribution in [0.25, 0.3) is 44.2 Å². The summed E-state index contributed by atoms with van der Waals surface area (Å²) in [7, 11) is 0. The fraction of sp³-hybridized carbons (Fsp3) is 0.246. The smallest absolute Gasteiger partial charge is 0.166 e. The molecule has 0 unspecified atom stereocenters. The van der Waals surface area contributed by atoms with Crippen molar-refractivity contribution in [1.82, 2.24) is 0 Å². The van der Waals surface area contributed by atoms with E-state index in [-0.39, 0.29) is 5.41 Å². The van der Waals surface area contributed by atoms with Crippen LogP contribution in [0.3, 0.4) is 0 Å². The Morgan fingerprint density at radius 3 is 1.40 bits per heavy atom. The van der Waals surface area contributed by atoms with Gasteiger partial charge in [0.1, 0.15) is 0 Å². The molecular formula is C69H73F3. The highest BCUT2D eigenvalue weighted by molar-refractivity contribution is 6.03. The minimum absolute atomic E-state index is 0.0888. The lowest BCUT2D eigenvalue weighted by Crippen LogP contribution is -2.15. The first-order valence-corrected chi connectivity index (χ1v) is 25.3. The molecule has 72 heavy (non-hydrogen) atoms. The molecule has 9 aromatic rings. The van der Waals surface area contributed by atoms with Crippen LogP contribution >= 0.6 is 0 Å². The number of hydrogen-bond donors (Lipinski definition) is 0. The summed E-state index contributed by atoms with van der Waals surface area (Å²) < 4.78 is 35.9. The second-order valence-corrected chi connectivity index (χ2v) is 20.2. The third-order valence-electron chi connectivity index (χ3n) is 13.8. The van der Waals surface area contributed by atoms with Gasteiger partial charge < -0.3 is 0 Å². The Labute approximate surface area is 429 Å². The van der Waals surface area contributed by atoms with Crippen LogP contribution in [0.1, 0.15) is 113 Å². The molecule has 0 atom stereocenters. The van der Waals surface area contributed by atoms with Crippen LogP contribution in [-0.2, 0) is 18.0 Å². The number of rotatable bonds is 4. The SMILES string of the molecule is CCc1ccc(-c2ccccc2C)c(C)c1.Cc1ccc2c(c1)C(C)(C)c1cc(C)c3ccccc3c1-2.Cc1cccc(C(F)(F)F)c1.Cc1ccccc1.Cc1ccccc1-c1ccc(C(C)C)cc1C. The lowest BCUT2D eigenvalue weighted by Gasteiger charge is -2.22. The lowest BCUT2D eigenvalue weighted by atomic mass is 9.81. The molecule has 0 heterocycles. The van der Waals surface area contributed by atoms with Gasteiger partial charge >= 0.3 is 6.18 Å². The predicted octanol–water partition coefficient (Wildman–Crippen LogP) is 20.4. The Morgan fingerprint density at radius 2 is 0.903 bits per heavy atom. The average molecular weight is 959 g/mol. The van der Waals surface area contributed by atoms with Crippen LogP contribution in [0, 0.1) is 55.4 Å². The minimum Gasteiger partial charge on any atom is -0.166 e. The predicted molar refractivity (Wildman–Crippen MR) is 305 cm³/mol. The summed E-state index contributed by atoms with van der Waals surface area (Å²) in [6.45, 7) is 28.2. The quantitative estimate of drug-likeness (QED) is 0.165. The standard InChI is InChI=1S/C21H20.C17H20.C16H18.C8H7F3.C7H8/c1-13-9-10-17-18(11-13)21(3,4)19-12-14(2)15-7-5-6-8-16(15)20(17)19;1-12(2)15-9-10-17(14(4)11-15)16-8-6-5-7-13(16)3;1-4-14-9-10-16(13(3)11-14)15-8-6-5-7-12(15)2;1-6-3-2-4-7(5-6)8(9,10)11;1-7-5-3-2-4-6-7/h5-12H,1-4H3;5-12H,1-4H3;5-11H,4H2,1-3H3;2-5H,1H3;2-6H,1H3. The van der Waals surface area contributed by atoms with E-state index in [4.69, 9.17) is 0 Å². The van der Waals surface area contributed by atoms with E-state index < -0.39 is 11.7 Å². The van der Waals surface area contributed by atoms with Gasteiger partial charge in [-0.1, -0.05) is 233 Å². The molecule has 0 saturated heterocycles. The maximum atomic E-state index is 12.0. The molecule has 0 amide bonds. The van der Waals surface area contributed by atoms with Crippen molar-refractivity contribution >= 4 is 10.8 Å². The van der Waals surface area contributed by atoms with Gasteiger partial charge in [0.15, 0.2) is 0 Å². The van der Waals surface area contributed by atoms with Crippen molar-refractivity contribution in [2.75, 3.05) is 0 Å². The van der Waals surface area contributed by atoms with Crippen LogP contribution in [0.2, 0.25) is 0 Å². The maximum Gasteiger partial charge on any atom is 0.416 e. The van der Waals surface area contributed by atoms with E-state index in [1.807, 2.05) is 18.2 Å². The Morgan fingerprint density at radius 1 is 0.403 bits per heavy atom. The van der Waals surface area contributed by atoms with Crippen molar-refractivity contribution in [3.63, 3.8) is 0 Å². The molecule has 3 heteroatoms. The topological polar surface area (TPSA) is 0 Å². The summed E-state index contributed by atoms with van der Waals surface area (Å²) in [5, 5.41) is 2.77. The molecule has 10 rings (SSSR count). The van der Waals surface area contributed by atoms with Crippen molar-refractivity contribution < 1.29 is 13.2 Å². The highest BCUT2D eigenvalue weighted by Gasteiger charge is 2.36. The molecule has 0 spiro atoms. The molecular weight excluding hydrogens is 886 g/mol. The van der Waals surface area contributed by atoms with E-state index in [1.54, 1.807) is 13.0 Å². The van der Waals surface area contributed by atoms with Crippen molar-refractivity contribution in [1.29, 1.82) is 0 Å². The number of halogens is 3. The second kappa shape index (κ2) is 24.0. The van der Waals surface area contributed by atoms with E-state index in [0.29, 0.717) is 11.5 Å². The van der Waals surface area contributed by atoms with Crippen molar-refractivity contribution in [2.45, 2.75) is 114 Å². The van der Waals surface area contributed by atoms with Gasteiger partial charge in [-0.2, -0.15) is 13.2 Å². The molecule has 0 nitrogen and oxygen atoms in total. The van der Waals surface area contributed by atoms with Gasteiger partial charge in [-0.05, 0) is 168 Å². The number of alkyl halides is 3. The van der Waals surface area contributed by atoms with E-state index in [0.717, 1.165) is 18.6 Å². The Balaban J connectivity index is 0.000000153. The molecule has 370 valence electrons. The summed E-state index contributed by atoms with van der Waals surface area (Å²) >= 11 is 0. The first kappa shape index (κ1) is 54.4. The van der Waals surface area contributed by atoms with Gasteiger partial charge in [-0.25, -0.2) is 0 Å². The largest absolute Gasteiger partial charge is 0.416 e. The van der Waals surface area contributed by atoms with Crippen LogP contribution in [0.4, 0.5) is 13.2 Å². The van der Waals surface area contributed by atoms with Crippen LogP contribution in [0.15, 0.2) is 188 Å². The third kappa shape index (κ3) is 13.3. The molecule has 0 aromatic heterocycles. The number of fused-ring (bicyclic) bond motifs is 5. The number of hydrogen-bond acceptors (Lipinski definition) is 0. The van der Waals surface area contributed by atoms with Gasteiger partial charge in [0, 0.05) is 5.41 Å². The fourth-order valence-electron chi connectivity index (χ4n) is 9.58. The zero-order chi connectivity index (χ0) is 52.3. The summed E-state index contributed by atoms with van der Waals surface area (Å²) in [5.41, 5.74) is 23.6. The summed E-state index contributed by atoms with van der Waals surface area (Å²) in [4.78, 5) is 0. The molecule has 0 aliphatic heterocycles. The van der Waals surface area contributed by atoms with Crippen LogP contribution in [-0.4, -0.2) is 0 Å². The lowest BCUT2D eigenvalue weighted by molar-refractivity contribution is -0.137. The number of benzene rings is 9. The molecule has 0 fully saturated rings. The van der Waals surface area contributed by atoms with Crippen molar-refractivity contribution in [3.05, 3.63) is 260 Å². The highest BCUT2D eigenvalue weighted by Crippen LogP contribution is 2.52. The average Bonchev–Trinajstić information content (AvgIpc) is 3.57. The Bertz CT molecular complexity index is 3240. The highest BCUT2D eigenvalue weighted by atomic mass is 19.4. The molecule has 0 bridgehead atoms. The van der Waals surface area contributed by atoms with E-state index >= 15 is 0 Å². The zero-order valence-electron chi connectivity index (χ0n) is 44.8. The molecule has 0 N–H and O–H groups in total. The number of aryl methyl sites for hydroxylation is 9. The van der Waals surface area contributed by atoms with Crippen LogP contribution < -0.4 is 0 Å². The molecule has 9 aromatic carbocycles. The summed E-state index contributed by atoms with van der Waals surface area (Å²) in [6, 6.07) is 64.3. The first-order valence-electron chi connectivity index (χ1n) is 25.3. The van der Waals surface area contributed by atoms with Gasteiger partial charge in [-0.3, -0.25) is 0 Å². The summed E-state index contributed by atoms with van der Waals surface area (Å²) in [5.74, 6) is 0.597. The van der Waals surface area contributed by atoms with Gasteiger partial charge in [-0.15, -0.1) is 0 Å². The van der Waals surface area contributed by atoms with E-state index in [2.05, 4.69) is 229 Å². The molecule has 0 radical (unpaired) electrons. The molecule has 0 saturated carbocycles. The molecule has 1 aliphatic carbocycles. The Hall–Kier alpha value is -6.97. The monoisotopic (exact) mass is 959 g/mol. The maximum absolute atomic E-state index is 12.0. The van der Waals surface area contributed by atoms with Gasteiger partial charge in [0.2, 0.25) is 0 Å². The van der Waals surface area contributed by atoms with Crippen LogP contribution in [0.5, 0.6) is 0 Å². The van der Waals surface area contributed by atoms with E-state index in [9.17, 15) is 13.2 Å². The van der Waals surface area contributed by atoms with Gasteiger partial charge in [0.25, 0.3) is 0 Å². The molecule has 1 aliphatic rings. The first-order chi connectivity index (χ1) is 34.2. The summed E-state index contributed by atoms with van der Waals surface area (Å²) in [6.07, 6.45) is -3.11. The van der Waals surface area contributed by atoms with Gasteiger partial charge in [0.05, 0.1) is 5.56 Å². The Kier molecular flexibility index (Phi) is 18.1. The van der Waals surface area contributed by atoms with Crippen molar-refractivity contribution in [3.8, 4) is 33.4 Å².